The zero-order chi connectivity index (χ0) is 19.6. The Kier molecular flexibility index (Phi) is 4.22. The second-order valence-electron chi connectivity index (χ2n) is 8.42. The molecule has 1 aromatic rings. The van der Waals surface area contributed by atoms with Crippen LogP contribution in [0, 0.1) is 17.3 Å². The van der Waals surface area contributed by atoms with Gasteiger partial charge in [-0.3, -0.25) is 4.79 Å². The Hall–Kier alpha value is -1.76. The van der Waals surface area contributed by atoms with Gasteiger partial charge < -0.3 is 14.9 Å². The topological polar surface area (TPSA) is 66.8 Å². The first kappa shape index (κ1) is 18.6. The quantitative estimate of drug-likeness (QED) is 0.820. The molecule has 27 heavy (non-hydrogen) atoms. The van der Waals surface area contributed by atoms with Gasteiger partial charge in [0.1, 0.15) is 0 Å². The van der Waals surface area contributed by atoms with E-state index >= 15 is 0 Å². The summed E-state index contributed by atoms with van der Waals surface area (Å²) in [5.41, 5.74) is 0.685. The predicted molar refractivity (Wildman–Crippen MR) is 90.9 cm³/mol. The number of hydrogen-bond acceptors (Lipinski definition) is 4. The van der Waals surface area contributed by atoms with Crippen LogP contribution in [0.3, 0.4) is 0 Å². The van der Waals surface area contributed by atoms with Crippen molar-refractivity contribution < 1.29 is 32.9 Å². The summed E-state index contributed by atoms with van der Waals surface area (Å²) in [6, 6.07) is 2.44. The third-order valence-electron chi connectivity index (χ3n) is 7.05. The van der Waals surface area contributed by atoms with E-state index in [4.69, 9.17) is 0 Å². The Bertz CT molecular complexity index is 781. The summed E-state index contributed by atoms with van der Waals surface area (Å²) in [7, 11) is 0. The summed E-state index contributed by atoms with van der Waals surface area (Å²) in [6.45, 7) is 0.0610. The first-order valence-corrected chi connectivity index (χ1v) is 9.37. The van der Waals surface area contributed by atoms with Crippen LogP contribution < -0.4 is 4.74 Å². The summed E-state index contributed by atoms with van der Waals surface area (Å²) >= 11 is 0. The molecule has 0 unspecified atom stereocenters. The number of hydrogen-bond donors (Lipinski definition) is 2. The molecular weight excluding hydrogens is 361 g/mol. The molecule has 2 fully saturated rings. The molecule has 3 aliphatic rings. The van der Waals surface area contributed by atoms with Gasteiger partial charge >= 0.3 is 6.11 Å². The number of phenolic OH excluding ortho intramolecular Hbond substituents is 1. The van der Waals surface area contributed by atoms with Crippen LogP contribution in [0.4, 0.5) is 13.2 Å². The Morgan fingerprint density at radius 2 is 2.04 bits per heavy atom. The van der Waals surface area contributed by atoms with Gasteiger partial charge in [0.05, 0.1) is 6.10 Å². The van der Waals surface area contributed by atoms with Gasteiger partial charge in [-0.15, -0.1) is 0 Å². The third-order valence-corrected chi connectivity index (χ3v) is 7.05. The number of carbonyl (C=O) groups excluding carboxylic acids is 1. The number of aliphatic hydroxyl groups is 1. The van der Waals surface area contributed by atoms with Crippen LogP contribution >= 0.6 is 0 Å². The van der Waals surface area contributed by atoms with Crippen LogP contribution in [-0.4, -0.2) is 34.9 Å². The predicted octanol–water partition coefficient (Wildman–Crippen LogP) is 4.19. The van der Waals surface area contributed by atoms with Gasteiger partial charge in [0, 0.05) is 12.0 Å². The molecular formula is C20H23F3O4. The van der Waals surface area contributed by atoms with E-state index in [1.54, 1.807) is 0 Å². The Morgan fingerprint density at radius 3 is 2.74 bits per heavy atom. The standard InChI is InChI=1S/C20H23F3O4/c1-19-5-4-10-11-8-17(27-20(22,23)9-21)16(25)7-13(11)15(24)6-12(10)14(19)2-3-18(19)26/h7-8,10,12,14,18,25-26H,2-6,9H2,1H3/t10-,12-,14+,18+,19+/m1/s1. The number of carbonyl (C=O) groups is 1. The van der Waals surface area contributed by atoms with Crippen molar-refractivity contribution in [2.24, 2.45) is 17.3 Å². The van der Waals surface area contributed by atoms with Crippen molar-refractivity contribution in [2.45, 2.75) is 57.2 Å². The number of ketones is 1. The SMILES string of the molecule is C[C@]12CC[C@@H]3c4cc(OC(F)(F)CF)c(O)cc4C(=O)C[C@H]3[C@@H]1CC[C@@H]2O. The maximum atomic E-state index is 13.3. The summed E-state index contributed by atoms with van der Waals surface area (Å²) in [5.74, 6) is -1.05. The molecule has 0 bridgehead atoms. The van der Waals surface area contributed by atoms with E-state index < -0.39 is 24.3 Å². The zero-order valence-corrected chi connectivity index (χ0v) is 15.1. The molecule has 0 aromatic heterocycles. The normalized spacial score (nSPS) is 35.4. The lowest BCUT2D eigenvalue weighted by Crippen LogP contribution is -2.44. The van der Waals surface area contributed by atoms with Gasteiger partial charge in [-0.2, -0.15) is 8.78 Å². The summed E-state index contributed by atoms with van der Waals surface area (Å²) in [5, 5.41) is 20.4. The Balaban J connectivity index is 1.73. The molecule has 0 heterocycles. The van der Waals surface area contributed by atoms with Crippen molar-refractivity contribution in [2.75, 3.05) is 6.67 Å². The lowest BCUT2D eigenvalue weighted by atomic mass is 9.55. The van der Waals surface area contributed by atoms with Gasteiger partial charge in [0.25, 0.3) is 0 Å². The van der Waals surface area contributed by atoms with Crippen molar-refractivity contribution in [3.63, 3.8) is 0 Å². The number of aliphatic hydroxyl groups excluding tert-OH is 1. The van der Waals surface area contributed by atoms with Crippen LogP contribution in [0.1, 0.15) is 60.9 Å². The fraction of sp³-hybridized carbons (Fsp3) is 0.650. The number of alkyl halides is 3. The van der Waals surface area contributed by atoms with Crippen LogP contribution in [0.5, 0.6) is 11.5 Å². The highest BCUT2D eigenvalue weighted by Gasteiger charge is 2.55. The third kappa shape index (κ3) is 2.82. The fourth-order valence-corrected chi connectivity index (χ4v) is 5.66. The first-order valence-electron chi connectivity index (χ1n) is 9.37. The first-order chi connectivity index (χ1) is 12.7. The Morgan fingerprint density at radius 1 is 1.30 bits per heavy atom. The molecule has 4 rings (SSSR count). The molecule has 2 N–H and O–H groups in total. The molecule has 0 spiro atoms. The monoisotopic (exact) mass is 384 g/mol. The van der Waals surface area contributed by atoms with Crippen LogP contribution in [0.15, 0.2) is 12.1 Å². The minimum atomic E-state index is -4.04. The average Bonchev–Trinajstić information content (AvgIpc) is 2.92. The molecule has 0 aliphatic heterocycles. The van der Waals surface area contributed by atoms with Crippen molar-refractivity contribution in [1.29, 1.82) is 0 Å². The van der Waals surface area contributed by atoms with Gasteiger partial charge in [0.2, 0.25) is 0 Å². The molecule has 5 atom stereocenters. The number of benzene rings is 1. The van der Waals surface area contributed by atoms with Crippen molar-refractivity contribution in [1.82, 2.24) is 0 Å². The van der Waals surface area contributed by atoms with Crippen LogP contribution in [-0.2, 0) is 0 Å². The molecule has 148 valence electrons. The zero-order valence-electron chi connectivity index (χ0n) is 15.1. The van der Waals surface area contributed by atoms with Crippen LogP contribution in [0.2, 0.25) is 0 Å². The highest BCUT2D eigenvalue weighted by atomic mass is 19.3. The lowest BCUT2D eigenvalue weighted by Gasteiger charge is -2.49. The van der Waals surface area contributed by atoms with Gasteiger partial charge in [-0.1, -0.05) is 6.92 Å². The molecule has 0 amide bonds. The number of phenols is 1. The van der Waals surface area contributed by atoms with E-state index in [0.29, 0.717) is 24.0 Å². The number of Topliss-reactive ketones (excluding diaryl/α,β-unsaturated/α-hetero) is 1. The van der Waals surface area contributed by atoms with Gasteiger partial charge in [0.15, 0.2) is 24.0 Å². The summed E-state index contributed by atoms with van der Waals surface area (Å²) < 4.78 is 43.5. The number of ether oxygens (including phenoxy) is 1. The Labute approximate surface area is 155 Å². The van der Waals surface area contributed by atoms with Crippen LogP contribution in [0.25, 0.3) is 0 Å². The molecule has 0 radical (unpaired) electrons. The van der Waals surface area contributed by atoms with E-state index in [-0.39, 0.29) is 35.1 Å². The fourth-order valence-electron chi connectivity index (χ4n) is 5.66. The minimum absolute atomic E-state index is 0.0250. The second-order valence-corrected chi connectivity index (χ2v) is 8.42. The highest BCUT2D eigenvalue weighted by Crippen LogP contribution is 2.61. The molecule has 3 aliphatic carbocycles. The lowest BCUT2D eigenvalue weighted by molar-refractivity contribution is -0.187. The highest BCUT2D eigenvalue weighted by molar-refractivity contribution is 5.99. The maximum absolute atomic E-state index is 13.3. The van der Waals surface area contributed by atoms with E-state index in [1.807, 2.05) is 0 Å². The molecule has 4 nitrogen and oxygen atoms in total. The van der Waals surface area contributed by atoms with Gasteiger partial charge in [-0.25, -0.2) is 4.39 Å². The molecule has 1 aromatic carbocycles. The molecule has 7 heteroatoms. The second kappa shape index (κ2) is 6.12. The smallest absolute Gasteiger partial charge is 0.427 e. The number of aromatic hydroxyl groups is 1. The largest absolute Gasteiger partial charge is 0.504 e. The number of fused-ring (bicyclic) bond motifs is 5. The maximum Gasteiger partial charge on any atom is 0.427 e. The summed E-state index contributed by atoms with van der Waals surface area (Å²) in [4.78, 5) is 12.7. The number of halogens is 3. The van der Waals surface area contributed by atoms with Crippen molar-refractivity contribution >= 4 is 5.78 Å². The summed E-state index contributed by atoms with van der Waals surface area (Å²) in [6.07, 6.45) is -1.05. The average molecular weight is 384 g/mol. The van der Waals surface area contributed by atoms with E-state index in [2.05, 4.69) is 11.7 Å². The van der Waals surface area contributed by atoms with Gasteiger partial charge in [-0.05, 0) is 66.5 Å². The molecule has 0 saturated heterocycles. The minimum Gasteiger partial charge on any atom is -0.504 e. The van der Waals surface area contributed by atoms with E-state index in [1.165, 1.54) is 6.07 Å². The van der Waals surface area contributed by atoms with Crippen molar-refractivity contribution in [3.8, 4) is 11.5 Å². The molecule has 2 saturated carbocycles. The van der Waals surface area contributed by atoms with Crippen molar-refractivity contribution in [3.05, 3.63) is 23.3 Å². The van der Waals surface area contributed by atoms with E-state index in [0.717, 1.165) is 25.3 Å². The van der Waals surface area contributed by atoms with E-state index in [9.17, 15) is 28.2 Å². The number of rotatable bonds is 3.